The predicted octanol–water partition coefficient (Wildman–Crippen LogP) is 3.87. The lowest BCUT2D eigenvalue weighted by Crippen LogP contribution is -2.17. The van der Waals surface area contributed by atoms with Gasteiger partial charge in [-0.2, -0.15) is 0 Å². The van der Waals surface area contributed by atoms with Crippen molar-refractivity contribution in [2.75, 3.05) is 17.6 Å². The van der Waals surface area contributed by atoms with Gasteiger partial charge in [0, 0.05) is 29.1 Å². The van der Waals surface area contributed by atoms with E-state index < -0.39 is 10.0 Å². The smallest absolute Gasteiger partial charge is 0.233 e. The van der Waals surface area contributed by atoms with Gasteiger partial charge in [-0.25, -0.2) is 18.4 Å². The van der Waals surface area contributed by atoms with Crippen LogP contribution in [0.1, 0.15) is 25.0 Å². The summed E-state index contributed by atoms with van der Waals surface area (Å²) in [6.45, 7) is 1.89. The van der Waals surface area contributed by atoms with E-state index in [-0.39, 0.29) is 5.75 Å². The summed E-state index contributed by atoms with van der Waals surface area (Å²) in [5.41, 5.74) is 4.03. The molecule has 0 saturated heterocycles. The summed E-state index contributed by atoms with van der Waals surface area (Å²) in [6, 6.07) is 5.22. The van der Waals surface area contributed by atoms with Gasteiger partial charge in [0.05, 0.1) is 18.6 Å². The molecule has 0 radical (unpaired) electrons. The summed E-state index contributed by atoms with van der Waals surface area (Å²) in [5, 5.41) is 0. The highest BCUT2D eigenvalue weighted by atomic mass is 32.2. The molecule has 6 nitrogen and oxygen atoms in total. The average molecular weight is 385 g/mol. The molecule has 3 rings (SSSR count). The maximum atomic E-state index is 12.4. The molecule has 1 aromatic heterocycles. The molecule has 0 spiro atoms. The summed E-state index contributed by atoms with van der Waals surface area (Å²) >= 11 is 0. The first-order valence-corrected chi connectivity index (χ1v) is 10.4. The van der Waals surface area contributed by atoms with Crippen molar-refractivity contribution >= 4 is 15.7 Å². The van der Waals surface area contributed by atoms with E-state index in [0.717, 1.165) is 35.2 Å². The van der Waals surface area contributed by atoms with Gasteiger partial charge in [-0.15, -0.1) is 0 Å². The van der Waals surface area contributed by atoms with E-state index in [9.17, 15) is 8.42 Å². The van der Waals surface area contributed by atoms with Crippen LogP contribution in [0.25, 0.3) is 11.1 Å². The molecule has 0 unspecified atom stereocenters. The largest absolute Gasteiger partial charge is 0.496 e. The van der Waals surface area contributed by atoms with Crippen LogP contribution in [0.3, 0.4) is 0 Å². The van der Waals surface area contributed by atoms with Crippen molar-refractivity contribution in [2.45, 2.75) is 26.2 Å². The summed E-state index contributed by atoms with van der Waals surface area (Å²) in [6.07, 6.45) is 11.9. The van der Waals surface area contributed by atoms with Crippen LogP contribution in [0.2, 0.25) is 0 Å². The minimum Gasteiger partial charge on any atom is -0.496 e. The van der Waals surface area contributed by atoms with E-state index in [2.05, 4.69) is 26.8 Å². The summed E-state index contributed by atoms with van der Waals surface area (Å²) in [7, 11) is -1.90. The van der Waals surface area contributed by atoms with Gasteiger partial charge in [-0.05, 0) is 38.3 Å². The van der Waals surface area contributed by atoms with Gasteiger partial charge in [0.2, 0.25) is 10.0 Å². The van der Waals surface area contributed by atoms with E-state index in [1.54, 1.807) is 25.4 Å². The molecule has 1 N–H and O–H groups in total. The Morgan fingerprint density at radius 3 is 2.78 bits per heavy atom. The molecule has 0 fully saturated rings. The number of aryl methyl sites for hydroxylation is 1. The number of hydrogen-bond donors (Lipinski definition) is 1. The first-order valence-electron chi connectivity index (χ1n) is 8.79. The summed E-state index contributed by atoms with van der Waals surface area (Å²) in [4.78, 5) is 8.25. The molecule has 0 amide bonds. The van der Waals surface area contributed by atoms with Gasteiger partial charge >= 0.3 is 0 Å². The molecular formula is C20H23N3O3S. The standard InChI is InChI=1S/C20H23N3O3S/c1-15-19(13-21-14-22-15)18-9-8-17(12-20(18)26-2)23-27(24,25)11-10-16-6-4-3-5-7-16/h4,6-9,12-14,23H,3,5,10-11H2,1-2H3. The number of nitrogens with zero attached hydrogens (tertiary/aromatic N) is 2. The lowest BCUT2D eigenvalue weighted by molar-refractivity contribution is 0.416. The van der Waals surface area contributed by atoms with Crippen LogP contribution in [0.15, 0.2) is 54.5 Å². The fourth-order valence-electron chi connectivity index (χ4n) is 2.97. The number of allylic oxidation sites excluding steroid dienone is 4. The van der Waals surface area contributed by atoms with Crippen molar-refractivity contribution in [1.82, 2.24) is 9.97 Å². The molecule has 0 atom stereocenters. The lowest BCUT2D eigenvalue weighted by Gasteiger charge is -2.14. The van der Waals surface area contributed by atoms with Gasteiger partial charge in [0.15, 0.2) is 0 Å². The van der Waals surface area contributed by atoms with Crippen molar-refractivity contribution < 1.29 is 13.2 Å². The maximum Gasteiger partial charge on any atom is 0.233 e. The third kappa shape index (κ3) is 4.95. The van der Waals surface area contributed by atoms with Crippen LogP contribution < -0.4 is 9.46 Å². The molecule has 1 aliphatic rings. The Labute approximate surface area is 160 Å². The van der Waals surface area contributed by atoms with Gasteiger partial charge in [0.25, 0.3) is 0 Å². The van der Waals surface area contributed by atoms with E-state index in [1.807, 2.05) is 19.1 Å². The van der Waals surface area contributed by atoms with Crippen LogP contribution in [0.5, 0.6) is 5.75 Å². The van der Waals surface area contributed by atoms with Gasteiger partial charge in [0.1, 0.15) is 12.1 Å². The highest BCUT2D eigenvalue weighted by Gasteiger charge is 2.15. The molecule has 1 aliphatic carbocycles. The van der Waals surface area contributed by atoms with Crippen molar-refractivity contribution in [3.05, 3.63) is 60.2 Å². The monoisotopic (exact) mass is 385 g/mol. The number of methoxy groups -OCH3 is 1. The second-order valence-corrected chi connectivity index (χ2v) is 8.21. The van der Waals surface area contributed by atoms with Crippen LogP contribution in [0, 0.1) is 6.92 Å². The first kappa shape index (κ1) is 19.1. The zero-order valence-corrected chi connectivity index (χ0v) is 16.3. The number of hydrogen-bond acceptors (Lipinski definition) is 5. The molecule has 1 aromatic carbocycles. The highest BCUT2D eigenvalue weighted by molar-refractivity contribution is 7.92. The number of ether oxygens (including phenoxy) is 1. The molecule has 2 aromatic rings. The Morgan fingerprint density at radius 1 is 1.22 bits per heavy atom. The Kier molecular flexibility index (Phi) is 5.91. The number of nitrogens with one attached hydrogen (secondary N) is 1. The fourth-order valence-corrected chi connectivity index (χ4v) is 4.06. The summed E-state index contributed by atoms with van der Waals surface area (Å²) < 4.78 is 32.9. The topological polar surface area (TPSA) is 81.2 Å². The predicted molar refractivity (Wildman–Crippen MR) is 107 cm³/mol. The first-order chi connectivity index (χ1) is 13.0. The molecule has 142 valence electrons. The van der Waals surface area contributed by atoms with Crippen LogP contribution in [-0.4, -0.2) is 31.2 Å². The SMILES string of the molecule is COc1cc(NS(=O)(=O)CCC2=CCCC=C2)ccc1-c1cncnc1C. The van der Waals surface area contributed by atoms with Crippen molar-refractivity contribution in [2.24, 2.45) is 0 Å². The minimum atomic E-state index is -3.45. The minimum absolute atomic E-state index is 0.0405. The molecule has 0 bridgehead atoms. The van der Waals surface area contributed by atoms with Crippen LogP contribution >= 0.6 is 0 Å². The van der Waals surface area contributed by atoms with Crippen LogP contribution in [-0.2, 0) is 10.0 Å². The second-order valence-electron chi connectivity index (χ2n) is 6.37. The number of benzene rings is 1. The number of aromatic nitrogens is 2. The molecule has 0 saturated carbocycles. The molecule has 0 aliphatic heterocycles. The normalized spacial score (nSPS) is 13.9. The molecular weight excluding hydrogens is 362 g/mol. The van der Waals surface area contributed by atoms with Crippen molar-refractivity contribution in [1.29, 1.82) is 0 Å². The fraction of sp³-hybridized carbons (Fsp3) is 0.300. The molecule has 1 heterocycles. The Morgan fingerprint density at radius 2 is 2.07 bits per heavy atom. The zero-order valence-electron chi connectivity index (χ0n) is 15.5. The van der Waals surface area contributed by atoms with Crippen molar-refractivity contribution in [3.63, 3.8) is 0 Å². The number of rotatable bonds is 7. The van der Waals surface area contributed by atoms with E-state index in [0.29, 0.717) is 17.9 Å². The van der Waals surface area contributed by atoms with Crippen LogP contribution in [0.4, 0.5) is 5.69 Å². The third-order valence-electron chi connectivity index (χ3n) is 4.41. The lowest BCUT2D eigenvalue weighted by atomic mass is 10.0. The van der Waals surface area contributed by atoms with Gasteiger partial charge < -0.3 is 4.74 Å². The molecule has 27 heavy (non-hydrogen) atoms. The Hall–Kier alpha value is -2.67. The van der Waals surface area contributed by atoms with E-state index >= 15 is 0 Å². The Balaban J connectivity index is 1.76. The molecule has 7 heteroatoms. The van der Waals surface area contributed by atoms with Gasteiger partial charge in [-0.3, -0.25) is 4.72 Å². The van der Waals surface area contributed by atoms with Gasteiger partial charge in [-0.1, -0.05) is 23.8 Å². The number of anilines is 1. The maximum absolute atomic E-state index is 12.4. The van der Waals surface area contributed by atoms with E-state index in [1.165, 1.54) is 6.33 Å². The zero-order chi connectivity index (χ0) is 19.3. The number of sulfonamides is 1. The quantitative estimate of drug-likeness (QED) is 0.782. The third-order valence-corrected chi connectivity index (χ3v) is 5.70. The second kappa shape index (κ2) is 8.35. The highest BCUT2D eigenvalue weighted by Crippen LogP contribution is 2.33. The average Bonchev–Trinajstić information content (AvgIpc) is 2.67. The van der Waals surface area contributed by atoms with E-state index in [4.69, 9.17) is 4.74 Å². The van der Waals surface area contributed by atoms with Crippen molar-refractivity contribution in [3.8, 4) is 16.9 Å². The summed E-state index contributed by atoms with van der Waals surface area (Å²) in [5.74, 6) is 0.602. The Bertz CT molecular complexity index is 982.